The Morgan fingerprint density at radius 2 is 2.12 bits per heavy atom. The van der Waals surface area contributed by atoms with Crippen LogP contribution >= 0.6 is 0 Å². The van der Waals surface area contributed by atoms with Gasteiger partial charge in [0.1, 0.15) is 5.82 Å². The molecule has 0 bridgehead atoms. The second kappa shape index (κ2) is 3.09. The number of aromatic nitrogens is 2. The van der Waals surface area contributed by atoms with Gasteiger partial charge >= 0.3 is 0 Å². The molecule has 1 aromatic heterocycles. The van der Waals surface area contributed by atoms with E-state index >= 15 is 0 Å². The summed E-state index contributed by atoms with van der Waals surface area (Å²) in [5.41, 5.74) is 7.82. The number of nitrogens with two attached hydrogens (primary N) is 1. The van der Waals surface area contributed by atoms with Crippen LogP contribution in [0.1, 0.15) is 18.4 Å². The van der Waals surface area contributed by atoms with Gasteiger partial charge in [0.2, 0.25) is 0 Å². The Bertz CT molecular complexity index is 529. The summed E-state index contributed by atoms with van der Waals surface area (Å²) in [6.07, 6.45) is 1.70. The van der Waals surface area contributed by atoms with Gasteiger partial charge in [-0.1, -0.05) is 18.2 Å². The molecule has 0 aliphatic heterocycles. The fourth-order valence-electron chi connectivity index (χ4n) is 1.87. The molecular weight excluding hydrogens is 202 g/mol. The zero-order chi connectivity index (χ0) is 11.2. The molecule has 1 aliphatic carbocycles. The Morgan fingerprint density at radius 3 is 2.75 bits per heavy atom. The minimum absolute atomic E-state index is 0.477. The first kappa shape index (κ1) is 9.42. The summed E-state index contributed by atoms with van der Waals surface area (Å²) in [7, 11) is 0. The van der Waals surface area contributed by atoms with Gasteiger partial charge in [0.25, 0.3) is 0 Å². The van der Waals surface area contributed by atoms with Gasteiger partial charge < -0.3 is 10.8 Å². The number of nitrogen functional groups attached to an aromatic ring is 1. The average molecular weight is 215 g/mol. The molecule has 0 unspecified atom stereocenters. The van der Waals surface area contributed by atoms with Gasteiger partial charge in [0.15, 0.2) is 0 Å². The van der Waals surface area contributed by atoms with Gasteiger partial charge in [-0.25, -0.2) is 0 Å². The Morgan fingerprint density at radius 1 is 1.31 bits per heavy atom. The number of hydrogen-bond acceptors (Lipinski definition) is 3. The van der Waals surface area contributed by atoms with Crippen molar-refractivity contribution in [3.63, 3.8) is 0 Å². The standard InChI is InChI=1S/C12H13N3O/c13-11-7-10(14-15-11)8-2-1-3-9(6-8)12(16)4-5-12/h1-3,6-7,16H,4-5H2,(H3,13,14,15). The van der Waals surface area contributed by atoms with Crippen molar-refractivity contribution in [1.82, 2.24) is 10.2 Å². The molecular formula is C12H13N3O. The summed E-state index contributed by atoms with van der Waals surface area (Å²) in [5.74, 6) is 0.477. The van der Waals surface area contributed by atoms with Crippen molar-refractivity contribution in [3.8, 4) is 11.3 Å². The second-order valence-electron chi connectivity index (χ2n) is 4.32. The number of benzene rings is 1. The van der Waals surface area contributed by atoms with E-state index in [1.165, 1.54) is 0 Å². The molecule has 4 N–H and O–H groups in total. The molecule has 16 heavy (non-hydrogen) atoms. The van der Waals surface area contributed by atoms with E-state index < -0.39 is 5.60 Å². The van der Waals surface area contributed by atoms with E-state index in [4.69, 9.17) is 5.73 Å². The fourth-order valence-corrected chi connectivity index (χ4v) is 1.87. The van der Waals surface area contributed by atoms with Crippen LogP contribution in [0.2, 0.25) is 0 Å². The topological polar surface area (TPSA) is 74.9 Å². The highest BCUT2D eigenvalue weighted by molar-refractivity contribution is 5.63. The second-order valence-corrected chi connectivity index (χ2v) is 4.32. The molecule has 1 saturated carbocycles. The number of anilines is 1. The van der Waals surface area contributed by atoms with E-state index in [0.717, 1.165) is 29.7 Å². The normalized spacial score (nSPS) is 17.3. The molecule has 1 heterocycles. The van der Waals surface area contributed by atoms with Crippen LogP contribution in [-0.2, 0) is 5.60 Å². The summed E-state index contributed by atoms with van der Waals surface area (Å²) in [6, 6.07) is 9.65. The molecule has 0 radical (unpaired) electrons. The lowest BCUT2D eigenvalue weighted by Gasteiger charge is -2.08. The van der Waals surface area contributed by atoms with Crippen molar-refractivity contribution in [1.29, 1.82) is 0 Å². The predicted molar refractivity (Wildman–Crippen MR) is 61.6 cm³/mol. The molecule has 0 saturated heterocycles. The number of H-pyrrole nitrogens is 1. The van der Waals surface area contributed by atoms with Crippen LogP contribution in [0.3, 0.4) is 0 Å². The summed E-state index contributed by atoms with van der Waals surface area (Å²) >= 11 is 0. The summed E-state index contributed by atoms with van der Waals surface area (Å²) in [5, 5.41) is 16.8. The van der Waals surface area contributed by atoms with Crippen molar-refractivity contribution in [2.45, 2.75) is 18.4 Å². The first-order chi connectivity index (χ1) is 7.67. The van der Waals surface area contributed by atoms with Gasteiger partial charge in [0.05, 0.1) is 11.3 Å². The first-order valence-corrected chi connectivity index (χ1v) is 5.32. The smallest absolute Gasteiger partial charge is 0.145 e. The van der Waals surface area contributed by atoms with E-state index in [1.54, 1.807) is 6.07 Å². The molecule has 2 aromatic rings. The third-order valence-electron chi connectivity index (χ3n) is 3.03. The van der Waals surface area contributed by atoms with Gasteiger partial charge in [-0.15, -0.1) is 0 Å². The zero-order valence-corrected chi connectivity index (χ0v) is 8.77. The monoisotopic (exact) mass is 215 g/mol. The Balaban J connectivity index is 2.02. The number of nitrogens with one attached hydrogen (secondary N) is 1. The van der Waals surface area contributed by atoms with E-state index in [9.17, 15) is 5.11 Å². The minimum atomic E-state index is -0.596. The average Bonchev–Trinajstić information content (AvgIpc) is 2.89. The Hall–Kier alpha value is -1.81. The zero-order valence-electron chi connectivity index (χ0n) is 8.77. The van der Waals surface area contributed by atoms with Crippen molar-refractivity contribution in [3.05, 3.63) is 35.9 Å². The van der Waals surface area contributed by atoms with Crippen molar-refractivity contribution < 1.29 is 5.11 Å². The van der Waals surface area contributed by atoms with Gasteiger partial charge in [-0.2, -0.15) is 5.10 Å². The van der Waals surface area contributed by atoms with Crippen LogP contribution in [0.25, 0.3) is 11.3 Å². The third kappa shape index (κ3) is 1.47. The molecule has 0 atom stereocenters. The molecule has 1 aromatic carbocycles. The van der Waals surface area contributed by atoms with Crippen molar-refractivity contribution in [2.24, 2.45) is 0 Å². The third-order valence-corrected chi connectivity index (χ3v) is 3.03. The molecule has 82 valence electrons. The summed E-state index contributed by atoms with van der Waals surface area (Å²) in [4.78, 5) is 0. The van der Waals surface area contributed by atoms with Gasteiger partial charge in [-0.3, -0.25) is 5.10 Å². The van der Waals surface area contributed by atoms with Crippen LogP contribution in [0, 0.1) is 0 Å². The lowest BCUT2D eigenvalue weighted by atomic mass is 10.0. The molecule has 4 heteroatoms. The van der Waals surface area contributed by atoms with Crippen molar-refractivity contribution >= 4 is 5.82 Å². The number of hydrogen-bond donors (Lipinski definition) is 3. The molecule has 0 spiro atoms. The number of aromatic amines is 1. The highest BCUT2D eigenvalue weighted by atomic mass is 16.3. The molecule has 1 aliphatic rings. The van der Waals surface area contributed by atoms with E-state index in [0.29, 0.717) is 5.82 Å². The highest BCUT2D eigenvalue weighted by Gasteiger charge is 2.42. The van der Waals surface area contributed by atoms with E-state index in [2.05, 4.69) is 10.2 Å². The largest absolute Gasteiger partial charge is 0.385 e. The quantitative estimate of drug-likeness (QED) is 0.712. The summed E-state index contributed by atoms with van der Waals surface area (Å²) in [6.45, 7) is 0. The van der Waals surface area contributed by atoms with E-state index in [1.807, 2.05) is 24.3 Å². The van der Waals surface area contributed by atoms with Crippen LogP contribution in [0.5, 0.6) is 0 Å². The SMILES string of the molecule is Nc1cc(-c2cccc(C3(O)CC3)c2)[nH]n1. The Kier molecular flexibility index (Phi) is 1.82. The minimum Gasteiger partial charge on any atom is -0.385 e. The maximum Gasteiger partial charge on any atom is 0.145 e. The van der Waals surface area contributed by atoms with E-state index in [-0.39, 0.29) is 0 Å². The fraction of sp³-hybridized carbons (Fsp3) is 0.250. The molecule has 4 nitrogen and oxygen atoms in total. The predicted octanol–water partition coefficient (Wildman–Crippen LogP) is 1.64. The van der Waals surface area contributed by atoms with Gasteiger partial charge in [0, 0.05) is 6.07 Å². The first-order valence-electron chi connectivity index (χ1n) is 5.32. The number of aliphatic hydroxyl groups is 1. The van der Waals surface area contributed by atoms with Crippen molar-refractivity contribution in [2.75, 3.05) is 5.73 Å². The number of nitrogens with zero attached hydrogens (tertiary/aromatic N) is 1. The van der Waals surface area contributed by atoms with Crippen LogP contribution < -0.4 is 5.73 Å². The van der Waals surface area contributed by atoms with Crippen LogP contribution in [-0.4, -0.2) is 15.3 Å². The highest BCUT2D eigenvalue weighted by Crippen LogP contribution is 2.45. The van der Waals surface area contributed by atoms with Crippen LogP contribution in [0.15, 0.2) is 30.3 Å². The lowest BCUT2D eigenvalue weighted by molar-refractivity contribution is 0.151. The maximum absolute atomic E-state index is 10.0. The number of rotatable bonds is 2. The molecule has 3 rings (SSSR count). The summed E-state index contributed by atoms with van der Waals surface area (Å²) < 4.78 is 0. The van der Waals surface area contributed by atoms with Crippen LogP contribution in [0.4, 0.5) is 5.82 Å². The van der Waals surface area contributed by atoms with Gasteiger partial charge in [-0.05, 0) is 30.0 Å². The maximum atomic E-state index is 10.0. The Labute approximate surface area is 93.1 Å². The molecule has 0 amide bonds. The lowest BCUT2D eigenvalue weighted by Crippen LogP contribution is -2.03. The molecule has 1 fully saturated rings.